The maximum absolute atomic E-state index is 12.3. The SMILES string of the molecule is CC(C)(C)OC(=O)N1CC(Oc2ccc3c(c2)OCC3)C[C@H]1C(=O)O. The summed E-state index contributed by atoms with van der Waals surface area (Å²) in [5.74, 6) is 0.351. The lowest BCUT2D eigenvalue weighted by Crippen LogP contribution is -2.43. The van der Waals surface area contributed by atoms with Gasteiger partial charge in [0, 0.05) is 18.9 Å². The second-order valence-corrected chi connectivity index (χ2v) is 7.33. The number of nitrogens with zero attached hydrogens (tertiary/aromatic N) is 1. The van der Waals surface area contributed by atoms with Crippen LogP contribution in [0.3, 0.4) is 0 Å². The van der Waals surface area contributed by atoms with E-state index in [-0.39, 0.29) is 13.0 Å². The lowest BCUT2D eigenvalue weighted by Gasteiger charge is -2.26. The van der Waals surface area contributed by atoms with Gasteiger partial charge in [0.05, 0.1) is 13.2 Å². The normalized spacial score (nSPS) is 22.3. The summed E-state index contributed by atoms with van der Waals surface area (Å²) in [6.07, 6.45) is 0.0513. The van der Waals surface area contributed by atoms with Crippen LogP contribution in [0.15, 0.2) is 18.2 Å². The Morgan fingerprint density at radius 1 is 1.32 bits per heavy atom. The number of carbonyl (C=O) groups is 2. The number of carbonyl (C=O) groups excluding carboxylic acids is 1. The summed E-state index contributed by atoms with van der Waals surface area (Å²) >= 11 is 0. The van der Waals surface area contributed by atoms with E-state index >= 15 is 0 Å². The molecule has 1 aromatic carbocycles. The summed E-state index contributed by atoms with van der Waals surface area (Å²) < 4.78 is 16.7. The third kappa shape index (κ3) is 3.97. The molecule has 1 aromatic rings. The van der Waals surface area contributed by atoms with Crippen molar-refractivity contribution in [1.29, 1.82) is 0 Å². The zero-order chi connectivity index (χ0) is 18.2. The standard InChI is InChI=1S/C18H23NO6/c1-18(2,3)25-17(22)19-10-13(8-14(19)16(20)21)24-12-5-4-11-6-7-23-15(11)9-12/h4-5,9,13-14H,6-8,10H2,1-3H3,(H,20,21)/t13?,14-/m0/s1. The fourth-order valence-corrected chi connectivity index (χ4v) is 3.05. The summed E-state index contributed by atoms with van der Waals surface area (Å²) in [5, 5.41) is 9.42. The quantitative estimate of drug-likeness (QED) is 0.902. The highest BCUT2D eigenvalue weighted by Gasteiger charge is 2.42. The second kappa shape index (κ2) is 6.46. The maximum atomic E-state index is 12.3. The van der Waals surface area contributed by atoms with Gasteiger partial charge < -0.3 is 19.3 Å². The number of rotatable bonds is 3. The lowest BCUT2D eigenvalue weighted by molar-refractivity contribution is -0.142. The molecular formula is C18H23NO6. The number of carboxylic acid groups (broad SMARTS) is 1. The van der Waals surface area contributed by atoms with Crippen molar-refractivity contribution in [2.24, 2.45) is 0 Å². The van der Waals surface area contributed by atoms with Gasteiger partial charge in [0.2, 0.25) is 0 Å². The van der Waals surface area contributed by atoms with E-state index in [0.717, 1.165) is 17.7 Å². The molecule has 7 nitrogen and oxygen atoms in total. The van der Waals surface area contributed by atoms with Gasteiger partial charge in [-0.3, -0.25) is 4.90 Å². The van der Waals surface area contributed by atoms with Gasteiger partial charge in [0.15, 0.2) is 0 Å². The van der Waals surface area contributed by atoms with Crippen LogP contribution in [0.25, 0.3) is 0 Å². The van der Waals surface area contributed by atoms with E-state index in [2.05, 4.69) is 0 Å². The molecule has 1 unspecified atom stereocenters. The Kier molecular flexibility index (Phi) is 4.49. The Hall–Kier alpha value is -2.44. The van der Waals surface area contributed by atoms with E-state index in [4.69, 9.17) is 14.2 Å². The molecule has 136 valence electrons. The average molecular weight is 349 g/mol. The zero-order valence-electron chi connectivity index (χ0n) is 14.7. The molecule has 0 aliphatic carbocycles. The molecule has 2 aliphatic rings. The molecule has 1 fully saturated rings. The van der Waals surface area contributed by atoms with Crippen molar-refractivity contribution in [3.8, 4) is 11.5 Å². The molecule has 1 saturated heterocycles. The predicted molar refractivity (Wildman–Crippen MR) is 89.0 cm³/mol. The van der Waals surface area contributed by atoms with Crippen molar-refractivity contribution in [3.63, 3.8) is 0 Å². The number of benzene rings is 1. The Labute approximate surface area is 146 Å². The number of amides is 1. The first-order chi connectivity index (χ1) is 11.7. The van der Waals surface area contributed by atoms with Gasteiger partial charge in [0.1, 0.15) is 29.2 Å². The van der Waals surface area contributed by atoms with Crippen LogP contribution in [0.2, 0.25) is 0 Å². The Bertz CT molecular complexity index is 681. The number of likely N-dealkylation sites (tertiary alicyclic amines) is 1. The van der Waals surface area contributed by atoms with Crippen LogP contribution in [0, 0.1) is 0 Å². The molecule has 2 heterocycles. The van der Waals surface area contributed by atoms with Crippen LogP contribution >= 0.6 is 0 Å². The molecule has 2 aliphatic heterocycles. The number of carboxylic acids is 1. The molecule has 1 amide bonds. The van der Waals surface area contributed by atoms with Gasteiger partial charge in [-0.15, -0.1) is 0 Å². The molecule has 0 saturated carbocycles. The summed E-state index contributed by atoms with van der Waals surface area (Å²) in [5.41, 5.74) is 0.453. The van der Waals surface area contributed by atoms with E-state index in [1.807, 2.05) is 18.2 Å². The number of aliphatic carboxylic acids is 1. The van der Waals surface area contributed by atoms with Crippen LogP contribution in [-0.2, 0) is 16.0 Å². The summed E-state index contributed by atoms with van der Waals surface area (Å²) in [7, 11) is 0. The smallest absolute Gasteiger partial charge is 0.411 e. The van der Waals surface area contributed by atoms with Crippen molar-refractivity contribution in [3.05, 3.63) is 23.8 Å². The first-order valence-corrected chi connectivity index (χ1v) is 8.38. The molecule has 2 atom stereocenters. The summed E-state index contributed by atoms with van der Waals surface area (Å²) in [6.45, 7) is 6.07. The Balaban J connectivity index is 1.69. The second-order valence-electron chi connectivity index (χ2n) is 7.33. The summed E-state index contributed by atoms with van der Waals surface area (Å²) in [6, 6.07) is 4.66. The maximum Gasteiger partial charge on any atom is 0.411 e. The molecule has 0 spiro atoms. The molecular weight excluding hydrogens is 326 g/mol. The van der Waals surface area contributed by atoms with Crippen LogP contribution in [0.1, 0.15) is 32.8 Å². The summed E-state index contributed by atoms with van der Waals surface area (Å²) in [4.78, 5) is 25.0. The first-order valence-electron chi connectivity index (χ1n) is 8.38. The van der Waals surface area contributed by atoms with Gasteiger partial charge in [-0.05, 0) is 32.4 Å². The highest BCUT2D eigenvalue weighted by molar-refractivity contribution is 5.81. The first kappa shape index (κ1) is 17.4. The third-order valence-electron chi connectivity index (χ3n) is 4.15. The molecule has 0 aromatic heterocycles. The van der Waals surface area contributed by atoms with E-state index in [1.54, 1.807) is 20.8 Å². The lowest BCUT2D eigenvalue weighted by atomic mass is 10.1. The zero-order valence-corrected chi connectivity index (χ0v) is 14.7. The Morgan fingerprint density at radius 3 is 2.76 bits per heavy atom. The van der Waals surface area contributed by atoms with E-state index < -0.39 is 29.8 Å². The predicted octanol–water partition coefficient (Wildman–Crippen LogP) is 2.46. The molecule has 25 heavy (non-hydrogen) atoms. The average Bonchev–Trinajstić information content (AvgIpc) is 3.11. The van der Waals surface area contributed by atoms with Crippen molar-refractivity contribution in [2.45, 2.75) is 51.4 Å². The van der Waals surface area contributed by atoms with Gasteiger partial charge in [0.25, 0.3) is 0 Å². The molecule has 1 N–H and O–H groups in total. The Morgan fingerprint density at radius 2 is 2.08 bits per heavy atom. The van der Waals surface area contributed by atoms with Crippen LogP contribution < -0.4 is 9.47 Å². The van der Waals surface area contributed by atoms with Crippen molar-refractivity contribution in [1.82, 2.24) is 4.90 Å². The van der Waals surface area contributed by atoms with Crippen LogP contribution in [-0.4, -0.2) is 53.0 Å². The minimum Gasteiger partial charge on any atom is -0.493 e. The largest absolute Gasteiger partial charge is 0.493 e. The highest BCUT2D eigenvalue weighted by Crippen LogP contribution is 2.31. The van der Waals surface area contributed by atoms with Gasteiger partial charge in [-0.25, -0.2) is 9.59 Å². The number of ether oxygens (including phenoxy) is 3. The van der Waals surface area contributed by atoms with Crippen LogP contribution in [0.5, 0.6) is 11.5 Å². The number of hydrogen-bond acceptors (Lipinski definition) is 5. The van der Waals surface area contributed by atoms with Gasteiger partial charge >= 0.3 is 12.1 Å². The fraction of sp³-hybridized carbons (Fsp3) is 0.556. The third-order valence-corrected chi connectivity index (χ3v) is 4.15. The molecule has 0 bridgehead atoms. The topological polar surface area (TPSA) is 85.3 Å². The van der Waals surface area contributed by atoms with E-state index in [1.165, 1.54) is 4.90 Å². The highest BCUT2D eigenvalue weighted by atomic mass is 16.6. The monoisotopic (exact) mass is 349 g/mol. The van der Waals surface area contributed by atoms with Crippen LogP contribution in [0.4, 0.5) is 4.79 Å². The number of hydrogen-bond donors (Lipinski definition) is 1. The van der Waals surface area contributed by atoms with E-state index in [9.17, 15) is 14.7 Å². The minimum absolute atomic E-state index is 0.170. The van der Waals surface area contributed by atoms with Crippen molar-refractivity contribution >= 4 is 12.1 Å². The van der Waals surface area contributed by atoms with Gasteiger partial charge in [-0.2, -0.15) is 0 Å². The van der Waals surface area contributed by atoms with Crippen molar-refractivity contribution < 1.29 is 28.9 Å². The van der Waals surface area contributed by atoms with Gasteiger partial charge in [-0.1, -0.05) is 6.07 Å². The molecule has 0 radical (unpaired) electrons. The van der Waals surface area contributed by atoms with Crippen molar-refractivity contribution in [2.75, 3.05) is 13.2 Å². The number of fused-ring (bicyclic) bond motifs is 1. The molecule has 7 heteroatoms. The minimum atomic E-state index is -1.06. The fourth-order valence-electron chi connectivity index (χ4n) is 3.05. The van der Waals surface area contributed by atoms with E-state index in [0.29, 0.717) is 12.4 Å². The molecule has 3 rings (SSSR count).